The van der Waals surface area contributed by atoms with E-state index >= 15 is 0 Å². The summed E-state index contributed by atoms with van der Waals surface area (Å²) in [5.74, 6) is 2.87. The van der Waals surface area contributed by atoms with Gasteiger partial charge in [-0.3, -0.25) is 4.79 Å². The van der Waals surface area contributed by atoms with Crippen LogP contribution in [-0.2, 0) is 4.79 Å². The average molecular weight is 324 g/mol. The fourth-order valence-electron chi connectivity index (χ4n) is 6.85. The molecule has 128 valence electrons. The van der Waals surface area contributed by atoms with Gasteiger partial charge in [-0.2, -0.15) is 5.26 Å². The van der Waals surface area contributed by atoms with Crippen LogP contribution < -0.4 is 5.32 Å². The lowest BCUT2D eigenvalue weighted by atomic mass is 9.48. The normalized spacial score (nSPS) is 49.9. The van der Waals surface area contributed by atoms with E-state index in [0.717, 1.165) is 18.3 Å². The van der Waals surface area contributed by atoms with E-state index < -0.39 is 0 Å². The zero-order valence-electron chi connectivity index (χ0n) is 14.8. The van der Waals surface area contributed by atoms with Crippen molar-refractivity contribution < 1.29 is 4.79 Å². The molecule has 0 aromatic heterocycles. The van der Waals surface area contributed by atoms with Crippen molar-refractivity contribution in [1.82, 2.24) is 5.32 Å². The highest BCUT2D eigenvalue weighted by molar-refractivity contribution is 5.89. The fraction of sp³-hybridized carbons (Fsp3) is 0.714. The molecule has 3 heteroatoms. The van der Waals surface area contributed by atoms with Gasteiger partial charge in [0.1, 0.15) is 0 Å². The molecule has 1 heterocycles. The van der Waals surface area contributed by atoms with Crippen LogP contribution in [0, 0.1) is 45.8 Å². The van der Waals surface area contributed by atoms with E-state index in [2.05, 4.69) is 37.4 Å². The molecule has 3 fully saturated rings. The van der Waals surface area contributed by atoms with E-state index in [9.17, 15) is 4.79 Å². The van der Waals surface area contributed by atoms with Crippen LogP contribution >= 0.6 is 0 Å². The minimum absolute atomic E-state index is 0.0825. The van der Waals surface area contributed by atoms with Gasteiger partial charge in [0.25, 0.3) is 0 Å². The second-order valence-electron chi connectivity index (χ2n) is 8.93. The average Bonchev–Trinajstić information content (AvgIpc) is 2.90. The fourth-order valence-corrected chi connectivity index (χ4v) is 6.85. The van der Waals surface area contributed by atoms with Crippen molar-refractivity contribution in [2.75, 3.05) is 0 Å². The van der Waals surface area contributed by atoms with E-state index in [-0.39, 0.29) is 11.3 Å². The largest absolute Gasteiger partial charge is 0.349 e. The predicted octanol–water partition coefficient (Wildman–Crippen LogP) is 3.98. The standard InChI is InChI=1S/C21H28N2O/c1-20-11-9-17-15(16(20)7-5-14(20)4-3-13-22)6-8-18-21(17,2)12-10-19(24)23-18/h3-4,10,12,14-18H,5-9,11H2,1-2H3,(H,23,24)/b4-3+. The molecule has 0 bridgehead atoms. The lowest BCUT2D eigenvalue weighted by Crippen LogP contribution is -2.59. The summed E-state index contributed by atoms with van der Waals surface area (Å²) in [6, 6.07) is 2.50. The molecule has 3 saturated carbocycles. The van der Waals surface area contributed by atoms with E-state index in [1.54, 1.807) is 12.2 Å². The summed E-state index contributed by atoms with van der Waals surface area (Å²) in [7, 11) is 0. The van der Waals surface area contributed by atoms with Crippen LogP contribution in [0.3, 0.4) is 0 Å². The maximum Gasteiger partial charge on any atom is 0.243 e. The summed E-state index contributed by atoms with van der Waals surface area (Å²) in [4.78, 5) is 11.8. The van der Waals surface area contributed by atoms with Crippen molar-refractivity contribution in [2.45, 2.75) is 58.4 Å². The van der Waals surface area contributed by atoms with E-state index in [1.165, 1.54) is 32.1 Å². The number of hydrogen-bond acceptors (Lipinski definition) is 2. The highest BCUT2D eigenvalue weighted by Crippen LogP contribution is 2.65. The number of carbonyl (C=O) groups is 1. The van der Waals surface area contributed by atoms with Crippen molar-refractivity contribution in [2.24, 2.45) is 34.5 Å². The first-order valence-corrected chi connectivity index (χ1v) is 9.55. The molecule has 24 heavy (non-hydrogen) atoms. The summed E-state index contributed by atoms with van der Waals surface area (Å²) in [6.45, 7) is 4.84. The third-order valence-electron chi connectivity index (χ3n) is 8.16. The highest BCUT2D eigenvalue weighted by Gasteiger charge is 2.59. The monoisotopic (exact) mass is 324 g/mol. The van der Waals surface area contributed by atoms with Crippen LogP contribution in [0.5, 0.6) is 0 Å². The minimum atomic E-state index is 0.0825. The van der Waals surface area contributed by atoms with Gasteiger partial charge in [0, 0.05) is 17.5 Å². The topological polar surface area (TPSA) is 52.9 Å². The first-order chi connectivity index (χ1) is 11.5. The molecule has 7 atom stereocenters. The Labute approximate surface area is 145 Å². The molecule has 3 nitrogen and oxygen atoms in total. The molecular weight excluding hydrogens is 296 g/mol. The SMILES string of the molecule is CC12C=CC(=O)NC1CCC1C2CCC2(C)C(/C=C/C#N)CCC12. The number of nitrogens with zero attached hydrogens (tertiary/aromatic N) is 1. The van der Waals surface area contributed by atoms with Gasteiger partial charge in [-0.25, -0.2) is 0 Å². The van der Waals surface area contributed by atoms with E-state index in [0.29, 0.717) is 23.3 Å². The Bertz CT molecular complexity index is 645. The molecule has 0 spiro atoms. The molecule has 0 saturated heterocycles. The smallest absolute Gasteiger partial charge is 0.243 e. The zero-order chi connectivity index (χ0) is 16.9. The molecule has 0 aromatic rings. The minimum Gasteiger partial charge on any atom is -0.349 e. The van der Waals surface area contributed by atoms with Crippen molar-refractivity contribution >= 4 is 5.91 Å². The third-order valence-corrected chi connectivity index (χ3v) is 8.16. The van der Waals surface area contributed by atoms with E-state index in [1.807, 2.05) is 0 Å². The summed E-state index contributed by atoms with van der Waals surface area (Å²) in [5, 5.41) is 12.1. The predicted molar refractivity (Wildman–Crippen MR) is 93.7 cm³/mol. The number of fused-ring (bicyclic) bond motifs is 5. The Hall–Kier alpha value is -1.56. The van der Waals surface area contributed by atoms with Gasteiger partial charge >= 0.3 is 0 Å². The van der Waals surface area contributed by atoms with Crippen molar-refractivity contribution in [3.63, 3.8) is 0 Å². The molecule has 0 radical (unpaired) electrons. The van der Waals surface area contributed by atoms with Gasteiger partial charge in [-0.15, -0.1) is 0 Å². The molecule has 1 N–H and O–H groups in total. The number of allylic oxidation sites excluding steroid dienone is 2. The Morgan fingerprint density at radius 3 is 2.83 bits per heavy atom. The molecule has 3 aliphatic carbocycles. The third kappa shape index (κ3) is 2.11. The van der Waals surface area contributed by atoms with Crippen molar-refractivity contribution in [3.8, 4) is 6.07 Å². The number of carbonyl (C=O) groups excluding carboxylic acids is 1. The summed E-state index contributed by atoms with van der Waals surface area (Å²) >= 11 is 0. The number of amides is 1. The number of hydrogen-bond donors (Lipinski definition) is 1. The maximum absolute atomic E-state index is 11.8. The van der Waals surface area contributed by atoms with Crippen LogP contribution in [0.25, 0.3) is 0 Å². The summed E-state index contributed by atoms with van der Waals surface area (Å²) in [5.41, 5.74) is 0.484. The number of nitriles is 1. The molecule has 4 rings (SSSR count). The second-order valence-corrected chi connectivity index (χ2v) is 8.93. The van der Waals surface area contributed by atoms with Crippen LogP contribution in [0.1, 0.15) is 52.4 Å². The molecule has 7 unspecified atom stereocenters. The maximum atomic E-state index is 11.8. The van der Waals surface area contributed by atoms with Gasteiger partial charge < -0.3 is 5.32 Å². The van der Waals surface area contributed by atoms with Gasteiger partial charge in [0.15, 0.2) is 0 Å². The molecule has 1 aliphatic heterocycles. The number of rotatable bonds is 1. The number of nitrogens with one attached hydrogen (secondary N) is 1. The lowest BCUT2D eigenvalue weighted by Gasteiger charge is -2.58. The molecule has 0 aromatic carbocycles. The van der Waals surface area contributed by atoms with E-state index in [4.69, 9.17) is 5.26 Å². The highest BCUT2D eigenvalue weighted by atomic mass is 16.1. The molecule has 1 amide bonds. The van der Waals surface area contributed by atoms with Crippen LogP contribution in [0.4, 0.5) is 0 Å². The van der Waals surface area contributed by atoms with Crippen LogP contribution in [-0.4, -0.2) is 11.9 Å². The Balaban J connectivity index is 1.63. The van der Waals surface area contributed by atoms with Gasteiger partial charge in [0.2, 0.25) is 5.91 Å². The van der Waals surface area contributed by atoms with Crippen molar-refractivity contribution in [1.29, 1.82) is 5.26 Å². The summed E-state index contributed by atoms with van der Waals surface area (Å²) in [6.07, 6.45) is 15.2. The summed E-state index contributed by atoms with van der Waals surface area (Å²) < 4.78 is 0. The molecular formula is C21H28N2O. The second kappa shape index (κ2) is 5.48. The van der Waals surface area contributed by atoms with Crippen molar-refractivity contribution in [3.05, 3.63) is 24.3 Å². The first-order valence-electron chi connectivity index (χ1n) is 9.55. The van der Waals surface area contributed by atoms with Crippen LogP contribution in [0.15, 0.2) is 24.3 Å². The van der Waals surface area contributed by atoms with Crippen LogP contribution in [0.2, 0.25) is 0 Å². The Kier molecular flexibility index (Phi) is 3.64. The zero-order valence-corrected chi connectivity index (χ0v) is 14.8. The van der Waals surface area contributed by atoms with Gasteiger partial charge in [-0.05, 0) is 73.7 Å². The lowest BCUT2D eigenvalue weighted by molar-refractivity contribution is -0.122. The molecule has 4 aliphatic rings. The first kappa shape index (κ1) is 15.9. The van der Waals surface area contributed by atoms with Gasteiger partial charge in [0.05, 0.1) is 6.07 Å². The van der Waals surface area contributed by atoms with Gasteiger partial charge in [-0.1, -0.05) is 26.0 Å². The Morgan fingerprint density at radius 2 is 2.04 bits per heavy atom. The Morgan fingerprint density at radius 1 is 1.21 bits per heavy atom. The quantitative estimate of drug-likeness (QED) is 0.742.